The highest BCUT2D eigenvalue weighted by Gasteiger charge is 2.21. The molecule has 0 aliphatic heterocycles. The van der Waals surface area contributed by atoms with Crippen LogP contribution in [0.1, 0.15) is 16.1 Å². The highest BCUT2D eigenvalue weighted by Crippen LogP contribution is 2.26. The third-order valence-corrected chi connectivity index (χ3v) is 3.25. The Bertz CT molecular complexity index is 885. The Morgan fingerprint density at radius 3 is 3.05 bits per heavy atom. The fraction of sp³-hybridized carbons (Fsp3) is 0.0714. The lowest BCUT2D eigenvalue weighted by Crippen LogP contribution is -2.11. The molecule has 0 amide bonds. The van der Waals surface area contributed by atoms with E-state index in [1.165, 1.54) is 13.3 Å². The Labute approximate surface area is 119 Å². The van der Waals surface area contributed by atoms with Gasteiger partial charge in [-0.3, -0.25) is 5.10 Å². The number of ether oxygens (including phenoxy) is 1. The molecule has 0 saturated heterocycles. The lowest BCUT2D eigenvalue weighted by molar-refractivity contribution is 0.0593. The zero-order valence-electron chi connectivity index (χ0n) is 11.1. The van der Waals surface area contributed by atoms with E-state index < -0.39 is 5.97 Å². The van der Waals surface area contributed by atoms with Crippen molar-refractivity contribution in [2.75, 3.05) is 12.8 Å². The first-order valence-electron chi connectivity index (χ1n) is 6.08. The summed E-state index contributed by atoms with van der Waals surface area (Å²) in [4.78, 5) is 11.9. The molecule has 3 N–H and O–H groups in total. The number of nitrogens with one attached hydrogen (secondary N) is 1. The van der Waals surface area contributed by atoms with Crippen LogP contribution in [0.2, 0.25) is 0 Å². The summed E-state index contributed by atoms with van der Waals surface area (Å²) in [6.07, 6.45) is 3.19. The Kier molecular flexibility index (Phi) is 2.84. The Balaban J connectivity index is 2.25. The fourth-order valence-electron chi connectivity index (χ4n) is 2.20. The Hall–Kier alpha value is -3.27. The molecule has 2 aromatic heterocycles. The van der Waals surface area contributed by atoms with Gasteiger partial charge in [0.25, 0.3) is 0 Å². The zero-order valence-corrected chi connectivity index (χ0v) is 11.1. The van der Waals surface area contributed by atoms with Crippen LogP contribution in [0, 0.1) is 11.3 Å². The standard InChI is InChI=1S/C14H11N5O2/c1-21-14(20)13-12(16)9(5-15)7-19(13)10-2-3-11-8(4-10)6-17-18-11/h2-4,6-7H,16H2,1H3,(H,17,18). The molecule has 2 heterocycles. The van der Waals surface area contributed by atoms with Gasteiger partial charge in [0.1, 0.15) is 6.07 Å². The van der Waals surface area contributed by atoms with E-state index in [2.05, 4.69) is 10.2 Å². The number of nitrogen functional groups attached to an aromatic ring is 1. The minimum Gasteiger partial charge on any atom is -0.464 e. The summed E-state index contributed by atoms with van der Waals surface area (Å²) in [6.45, 7) is 0. The lowest BCUT2D eigenvalue weighted by atomic mass is 10.2. The minimum absolute atomic E-state index is 0.108. The van der Waals surface area contributed by atoms with Crippen LogP contribution in [0.25, 0.3) is 16.6 Å². The summed E-state index contributed by atoms with van der Waals surface area (Å²) in [7, 11) is 1.27. The summed E-state index contributed by atoms with van der Waals surface area (Å²) >= 11 is 0. The van der Waals surface area contributed by atoms with Crippen LogP contribution in [-0.2, 0) is 4.74 Å². The van der Waals surface area contributed by atoms with Gasteiger partial charge >= 0.3 is 5.97 Å². The van der Waals surface area contributed by atoms with Gasteiger partial charge in [-0.1, -0.05) is 0 Å². The summed E-state index contributed by atoms with van der Waals surface area (Å²) in [6, 6.07) is 7.44. The van der Waals surface area contributed by atoms with Gasteiger partial charge in [-0.2, -0.15) is 10.4 Å². The topological polar surface area (TPSA) is 110 Å². The minimum atomic E-state index is -0.596. The van der Waals surface area contributed by atoms with E-state index in [1.54, 1.807) is 16.8 Å². The molecule has 0 aliphatic carbocycles. The van der Waals surface area contributed by atoms with Crippen LogP contribution in [0.15, 0.2) is 30.6 Å². The summed E-state index contributed by atoms with van der Waals surface area (Å²) in [5.41, 5.74) is 7.89. The van der Waals surface area contributed by atoms with Crippen LogP contribution in [0.3, 0.4) is 0 Å². The molecule has 0 aliphatic rings. The van der Waals surface area contributed by atoms with Crippen molar-refractivity contribution >= 4 is 22.6 Å². The van der Waals surface area contributed by atoms with E-state index in [1.807, 2.05) is 18.2 Å². The van der Waals surface area contributed by atoms with Gasteiger partial charge in [-0.05, 0) is 18.2 Å². The maximum Gasteiger partial charge on any atom is 0.357 e. The molecular formula is C14H11N5O2. The average molecular weight is 281 g/mol. The van der Waals surface area contributed by atoms with Crippen LogP contribution in [-0.4, -0.2) is 27.8 Å². The van der Waals surface area contributed by atoms with Gasteiger partial charge in [0, 0.05) is 17.3 Å². The van der Waals surface area contributed by atoms with Gasteiger partial charge in [-0.15, -0.1) is 0 Å². The van der Waals surface area contributed by atoms with Gasteiger partial charge in [-0.25, -0.2) is 4.79 Å². The monoisotopic (exact) mass is 281 g/mol. The van der Waals surface area contributed by atoms with Gasteiger partial charge < -0.3 is 15.0 Å². The molecule has 0 spiro atoms. The van der Waals surface area contributed by atoms with Crippen LogP contribution >= 0.6 is 0 Å². The number of carbonyl (C=O) groups is 1. The number of hydrogen-bond acceptors (Lipinski definition) is 5. The molecule has 0 unspecified atom stereocenters. The summed E-state index contributed by atoms with van der Waals surface area (Å²) in [5.74, 6) is -0.596. The van der Waals surface area contributed by atoms with Crippen molar-refractivity contribution in [3.63, 3.8) is 0 Å². The van der Waals surface area contributed by atoms with Gasteiger partial charge in [0.2, 0.25) is 0 Å². The van der Waals surface area contributed by atoms with Crippen molar-refractivity contribution in [1.29, 1.82) is 5.26 Å². The largest absolute Gasteiger partial charge is 0.464 e. The van der Waals surface area contributed by atoms with E-state index in [9.17, 15) is 4.79 Å². The van der Waals surface area contributed by atoms with E-state index >= 15 is 0 Å². The molecule has 21 heavy (non-hydrogen) atoms. The van der Waals surface area contributed by atoms with E-state index in [0.717, 1.165) is 10.9 Å². The van der Waals surface area contributed by atoms with Crippen molar-refractivity contribution in [2.24, 2.45) is 0 Å². The lowest BCUT2D eigenvalue weighted by Gasteiger charge is -2.08. The van der Waals surface area contributed by atoms with Gasteiger partial charge in [0.05, 0.1) is 30.1 Å². The van der Waals surface area contributed by atoms with E-state index in [0.29, 0.717) is 5.69 Å². The molecule has 0 atom stereocenters. The fourth-order valence-corrected chi connectivity index (χ4v) is 2.20. The van der Waals surface area contributed by atoms with Gasteiger partial charge in [0.15, 0.2) is 5.69 Å². The zero-order chi connectivity index (χ0) is 15.0. The molecule has 7 heteroatoms. The number of methoxy groups -OCH3 is 1. The molecule has 1 aromatic carbocycles. The quantitative estimate of drug-likeness (QED) is 0.693. The van der Waals surface area contributed by atoms with Crippen molar-refractivity contribution < 1.29 is 9.53 Å². The normalized spacial score (nSPS) is 10.5. The molecular weight excluding hydrogens is 270 g/mol. The summed E-state index contributed by atoms with van der Waals surface area (Å²) < 4.78 is 6.29. The van der Waals surface area contributed by atoms with Crippen molar-refractivity contribution in [1.82, 2.24) is 14.8 Å². The molecule has 104 valence electrons. The van der Waals surface area contributed by atoms with Crippen molar-refractivity contribution in [2.45, 2.75) is 0 Å². The summed E-state index contributed by atoms with van der Waals surface area (Å²) in [5, 5.41) is 16.8. The van der Waals surface area contributed by atoms with Crippen molar-refractivity contribution in [3.8, 4) is 11.8 Å². The van der Waals surface area contributed by atoms with E-state index in [4.69, 9.17) is 15.7 Å². The highest BCUT2D eigenvalue weighted by atomic mass is 16.5. The van der Waals surface area contributed by atoms with Crippen molar-refractivity contribution in [3.05, 3.63) is 41.9 Å². The number of carbonyl (C=O) groups excluding carboxylic acids is 1. The molecule has 0 radical (unpaired) electrons. The number of esters is 1. The number of hydrogen-bond donors (Lipinski definition) is 2. The number of rotatable bonds is 2. The molecule has 0 bridgehead atoms. The molecule has 3 aromatic rings. The Morgan fingerprint density at radius 2 is 2.33 bits per heavy atom. The first-order chi connectivity index (χ1) is 10.2. The molecule has 0 fully saturated rings. The first-order valence-corrected chi connectivity index (χ1v) is 6.08. The highest BCUT2D eigenvalue weighted by molar-refractivity contribution is 5.96. The SMILES string of the molecule is COC(=O)c1c(N)c(C#N)cn1-c1ccc2[nH]ncc2c1. The number of H-pyrrole nitrogens is 1. The molecule has 3 rings (SSSR count). The third kappa shape index (κ3) is 1.90. The first kappa shape index (κ1) is 12.7. The van der Waals surface area contributed by atoms with Crippen LogP contribution in [0.5, 0.6) is 0 Å². The number of anilines is 1. The second-order valence-corrected chi connectivity index (χ2v) is 4.42. The number of benzene rings is 1. The maximum absolute atomic E-state index is 11.9. The van der Waals surface area contributed by atoms with Crippen LogP contribution in [0.4, 0.5) is 5.69 Å². The Morgan fingerprint density at radius 1 is 1.52 bits per heavy atom. The predicted octanol–water partition coefficient (Wildman–Crippen LogP) is 1.59. The van der Waals surface area contributed by atoms with E-state index in [-0.39, 0.29) is 16.9 Å². The number of nitrogens with zero attached hydrogens (tertiary/aromatic N) is 3. The third-order valence-electron chi connectivity index (χ3n) is 3.25. The smallest absolute Gasteiger partial charge is 0.357 e. The average Bonchev–Trinajstić information content (AvgIpc) is 3.09. The predicted molar refractivity (Wildman–Crippen MR) is 75.9 cm³/mol. The number of nitriles is 1. The molecule has 0 saturated carbocycles. The second-order valence-electron chi connectivity index (χ2n) is 4.42. The maximum atomic E-state index is 11.9. The molecule has 7 nitrogen and oxygen atoms in total. The number of fused-ring (bicyclic) bond motifs is 1. The number of nitrogens with two attached hydrogens (primary N) is 1. The number of aromatic amines is 1. The second kappa shape index (κ2) is 4.68. The van der Waals surface area contributed by atoms with Crippen LogP contribution < -0.4 is 5.73 Å². The number of aromatic nitrogens is 3.